The van der Waals surface area contributed by atoms with Gasteiger partial charge in [0.05, 0.1) is 13.4 Å². The molecule has 0 radical (unpaired) electrons. The summed E-state index contributed by atoms with van der Waals surface area (Å²) in [7, 11) is 3.46. The molecule has 0 atom stereocenters. The Labute approximate surface area is 49.8 Å². The Bertz CT molecular complexity index is 74.5. The van der Waals surface area contributed by atoms with Crippen LogP contribution in [0.2, 0.25) is 0 Å². The van der Waals surface area contributed by atoms with Crippen LogP contribution in [0.3, 0.4) is 0 Å². The van der Waals surface area contributed by atoms with Gasteiger partial charge in [0.1, 0.15) is 0 Å². The molecule has 0 rings (SSSR count). The van der Waals surface area contributed by atoms with E-state index in [0.29, 0.717) is 0 Å². The molecule has 0 aromatic heterocycles. The van der Waals surface area contributed by atoms with Gasteiger partial charge in [0.25, 0.3) is 0 Å². The third-order valence-corrected chi connectivity index (χ3v) is 0.589. The van der Waals surface area contributed by atoms with Crippen molar-refractivity contribution in [3.05, 3.63) is 24.6 Å². The first kappa shape index (κ1) is 7.08. The summed E-state index contributed by atoms with van der Waals surface area (Å²) in [5.41, 5.74) is 0. The predicted molar refractivity (Wildman–Crippen MR) is 34.3 cm³/mol. The number of hydrogen-bond acceptors (Lipinski definition) is 2. The van der Waals surface area contributed by atoms with Crippen LogP contribution in [0.25, 0.3) is 0 Å². The smallest absolute Gasteiger partial charge is 0.0825 e. The van der Waals surface area contributed by atoms with Gasteiger partial charge in [-0.05, 0) is 18.4 Å². The lowest BCUT2D eigenvalue weighted by atomic mass is 10.6. The van der Waals surface area contributed by atoms with Crippen molar-refractivity contribution in [1.82, 2.24) is 5.32 Å². The molecular formula is C6H11NO. The molecule has 0 spiro atoms. The highest BCUT2D eigenvalue weighted by Gasteiger charge is 1.58. The van der Waals surface area contributed by atoms with Crippen molar-refractivity contribution in [2.24, 2.45) is 0 Å². The van der Waals surface area contributed by atoms with Crippen LogP contribution < -0.4 is 5.32 Å². The molecule has 0 heterocycles. The summed E-state index contributed by atoms with van der Waals surface area (Å²) in [4.78, 5) is 0. The van der Waals surface area contributed by atoms with Crippen LogP contribution in [0.15, 0.2) is 24.6 Å². The van der Waals surface area contributed by atoms with E-state index in [2.05, 4.69) is 10.1 Å². The molecule has 1 N–H and O–H groups in total. The SMILES string of the molecule is CN/C=C/C=C/OC. The summed E-state index contributed by atoms with van der Waals surface area (Å²) < 4.78 is 4.63. The number of rotatable bonds is 3. The molecule has 0 aromatic carbocycles. The lowest BCUT2D eigenvalue weighted by Crippen LogP contribution is -1.89. The average Bonchev–Trinajstić information content (AvgIpc) is 1.81. The Morgan fingerprint density at radius 3 is 2.62 bits per heavy atom. The zero-order valence-electron chi connectivity index (χ0n) is 5.22. The van der Waals surface area contributed by atoms with Crippen molar-refractivity contribution in [3.8, 4) is 0 Å². The Morgan fingerprint density at radius 1 is 1.38 bits per heavy atom. The fraction of sp³-hybridized carbons (Fsp3) is 0.333. The lowest BCUT2D eigenvalue weighted by molar-refractivity contribution is 0.338. The number of nitrogens with one attached hydrogen (secondary N) is 1. The van der Waals surface area contributed by atoms with Crippen LogP contribution in [-0.2, 0) is 4.74 Å². The molecule has 0 saturated carbocycles. The van der Waals surface area contributed by atoms with Crippen LogP contribution in [0.5, 0.6) is 0 Å². The van der Waals surface area contributed by atoms with E-state index in [0.717, 1.165) is 0 Å². The molecule has 0 saturated heterocycles. The number of allylic oxidation sites excluding steroid dienone is 2. The van der Waals surface area contributed by atoms with Crippen molar-refractivity contribution in [2.45, 2.75) is 0 Å². The van der Waals surface area contributed by atoms with Gasteiger partial charge in [-0.15, -0.1) is 0 Å². The second-order valence-electron chi connectivity index (χ2n) is 1.21. The molecule has 2 nitrogen and oxygen atoms in total. The maximum atomic E-state index is 4.63. The zero-order chi connectivity index (χ0) is 6.24. The first-order chi connectivity index (χ1) is 3.91. The second kappa shape index (κ2) is 6.08. The van der Waals surface area contributed by atoms with Gasteiger partial charge in [0.15, 0.2) is 0 Å². The zero-order valence-corrected chi connectivity index (χ0v) is 5.22. The Balaban J connectivity index is 3.13. The van der Waals surface area contributed by atoms with Crippen LogP contribution >= 0.6 is 0 Å². The van der Waals surface area contributed by atoms with Crippen LogP contribution in [0.4, 0.5) is 0 Å². The van der Waals surface area contributed by atoms with Crippen LogP contribution in [0, 0.1) is 0 Å². The quantitative estimate of drug-likeness (QED) is 0.433. The van der Waals surface area contributed by atoms with Crippen molar-refractivity contribution in [1.29, 1.82) is 0 Å². The third kappa shape index (κ3) is 5.08. The van der Waals surface area contributed by atoms with Gasteiger partial charge in [-0.2, -0.15) is 0 Å². The molecule has 0 fully saturated rings. The van der Waals surface area contributed by atoms with E-state index >= 15 is 0 Å². The highest BCUT2D eigenvalue weighted by atomic mass is 16.5. The second-order valence-corrected chi connectivity index (χ2v) is 1.21. The summed E-state index contributed by atoms with van der Waals surface area (Å²) in [5, 5.41) is 2.84. The molecular weight excluding hydrogens is 102 g/mol. The van der Waals surface area contributed by atoms with E-state index in [1.54, 1.807) is 19.4 Å². The standard InChI is InChI=1S/C6H11NO/c1-7-5-3-4-6-8-2/h3-7H,1-2H3/b5-3+,6-4+. The molecule has 0 bridgehead atoms. The van der Waals surface area contributed by atoms with Crippen molar-refractivity contribution < 1.29 is 4.74 Å². The monoisotopic (exact) mass is 113 g/mol. The first-order valence-corrected chi connectivity index (χ1v) is 2.43. The van der Waals surface area contributed by atoms with E-state index in [1.807, 2.05) is 19.3 Å². The maximum Gasteiger partial charge on any atom is 0.0825 e. The van der Waals surface area contributed by atoms with Gasteiger partial charge in [-0.3, -0.25) is 0 Å². The molecule has 0 unspecified atom stereocenters. The number of ether oxygens (including phenoxy) is 1. The van der Waals surface area contributed by atoms with Crippen molar-refractivity contribution >= 4 is 0 Å². The molecule has 8 heavy (non-hydrogen) atoms. The van der Waals surface area contributed by atoms with Crippen LogP contribution in [-0.4, -0.2) is 14.2 Å². The minimum Gasteiger partial charge on any atom is -0.504 e. The number of methoxy groups -OCH3 is 1. The van der Waals surface area contributed by atoms with E-state index in [1.165, 1.54) is 0 Å². The Morgan fingerprint density at radius 2 is 2.12 bits per heavy atom. The fourth-order valence-corrected chi connectivity index (χ4v) is 0.276. The predicted octanol–water partition coefficient (Wildman–Crippen LogP) is 0.880. The lowest BCUT2D eigenvalue weighted by Gasteiger charge is -1.81. The molecule has 0 aliphatic rings. The molecule has 0 aliphatic heterocycles. The summed E-state index contributed by atoms with van der Waals surface area (Å²) in [6, 6.07) is 0. The van der Waals surface area contributed by atoms with Crippen molar-refractivity contribution in [3.63, 3.8) is 0 Å². The van der Waals surface area contributed by atoms with E-state index < -0.39 is 0 Å². The highest BCUT2D eigenvalue weighted by molar-refractivity contribution is 4.97. The normalized spacial score (nSPS) is 10.8. The average molecular weight is 113 g/mol. The van der Waals surface area contributed by atoms with Gasteiger partial charge in [0, 0.05) is 7.05 Å². The van der Waals surface area contributed by atoms with Crippen molar-refractivity contribution in [2.75, 3.05) is 14.2 Å². The summed E-state index contributed by atoms with van der Waals surface area (Å²) in [6.07, 6.45) is 7.07. The molecule has 46 valence electrons. The minimum absolute atomic E-state index is 1.60. The van der Waals surface area contributed by atoms with Gasteiger partial charge < -0.3 is 10.1 Å². The Kier molecular flexibility index (Phi) is 5.38. The molecule has 0 aromatic rings. The Hall–Kier alpha value is -0.920. The van der Waals surface area contributed by atoms with E-state index in [9.17, 15) is 0 Å². The van der Waals surface area contributed by atoms with E-state index in [4.69, 9.17) is 0 Å². The van der Waals surface area contributed by atoms with Gasteiger partial charge in [-0.25, -0.2) is 0 Å². The maximum absolute atomic E-state index is 4.63. The summed E-state index contributed by atoms with van der Waals surface area (Å²) in [6.45, 7) is 0. The van der Waals surface area contributed by atoms with Crippen LogP contribution in [0.1, 0.15) is 0 Å². The highest BCUT2D eigenvalue weighted by Crippen LogP contribution is 1.72. The van der Waals surface area contributed by atoms with Gasteiger partial charge >= 0.3 is 0 Å². The molecule has 2 heteroatoms. The number of hydrogen-bond donors (Lipinski definition) is 1. The fourth-order valence-electron chi connectivity index (χ4n) is 0.276. The van der Waals surface area contributed by atoms with Gasteiger partial charge in [-0.1, -0.05) is 0 Å². The minimum atomic E-state index is 1.60. The molecule has 0 amide bonds. The molecule has 0 aliphatic carbocycles. The summed E-state index contributed by atoms with van der Waals surface area (Å²) >= 11 is 0. The largest absolute Gasteiger partial charge is 0.504 e. The summed E-state index contributed by atoms with van der Waals surface area (Å²) in [5.74, 6) is 0. The van der Waals surface area contributed by atoms with Gasteiger partial charge in [0.2, 0.25) is 0 Å². The topological polar surface area (TPSA) is 21.3 Å². The third-order valence-electron chi connectivity index (χ3n) is 0.589. The first-order valence-electron chi connectivity index (χ1n) is 2.43. The van der Waals surface area contributed by atoms with E-state index in [-0.39, 0.29) is 0 Å².